The standard InChI is InChI=1S/C24H28FN3OS/c1-2-3-4-5-6-7-15-23(29)26-19-12-10-11-18(16-19)22-17-30-24(28-22)27-21-14-9-8-13-20(21)25/h8-14,16-17H,2-7,15H2,1H3,(H,26,29)(H,27,28). The van der Waals surface area contributed by atoms with Gasteiger partial charge in [-0.05, 0) is 30.7 Å². The van der Waals surface area contributed by atoms with Gasteiger partial charge in [0.15, 0.2) is 5.13 Å². The first-order valence-electron chi connectivity index (χ1n) is 10.5. The van der Waals surface area contributed by atoms with Crippen LogP contribution >= 0.6 is 11.3 Å². The van der Waals surface area contributed by atoms with Crippen LogP contribution in [0.1, 0.15) is 51.9 Å². The van der Waals surface area contributed by atoms with Crippen molar-refractivity contribution < 1.29 is 9.18 Å². The van der Waals surface area contributed by atoms with Crippen LogP contribution in [0.2, 0.25) is 0 Å². The number of amides is 1. The maximum Gasteiger partial charge on any atom is 0.224 e. The predicted molar refractivity (Wildman–Crippen MR) is 124 cm³/mol. The molecule has 3 aromatic rings. The summed E-state index contributed by atoms with van der Waals surface area (Å²) in [5, 5.41) is 8.53. The molecule has 0 spiro atoms. The molecule has 0 radical (unpaired) electrons. The molecule has 0 atom stereocenters. The number of halogens is 1. The van der Waals surface area contributed by atoms with E-state index < -0.39 is 0 Å². The summed E-state index contributed by atoms with van der Waals surface area (Å²) < 4.78 is 13.8. The number of hydrogen-bond donors (Lipinski definition) is 2. The molecule has 0 aliphatic carbocycles. The molecular weight excluding hydrogens is 397 g/mol. The molecule has 0 bridgehead atoms. The lowest BCUT2D eigenvalue weighted by molar-refractivity contribution is -0.116. The van der Waals surface area contributed by atoms with E-state index in [-0.39, 0.29) is 11.7 Å². The van der Waals surface area contributed by atoms with E-state index in [1.54, 1.807) is 18.2 Å². The van der Waals surface area contributed by atoms with Gasteiger partial charge < -0.3 is 10.6 Å². The number of carbonyl (C=O) groups is 1. The summed E-state index contributed by atoms with van der Waals surface area (Å²) in [6.07, 6.45) is 7.52. The predicted octanol–water partition coefficient (Wildman–Crippen LogP) is 7.38. The number of hydrogen-bond acceptors (Lipinski definition) is 4. The minimum absolute atomic E-state index is 0.0443. The molecule has 0 saturated carbocycles. The lowest BCUT2D eigenvalue weighted by Gasteiger charge is -2.07. The van der Waals surface area contributed by atoms with Crippen molar-refractivity contribution in [1.82, 2.24) is 4.98 Å². The van der Waals surface area contributed by atoms with Crippen molar-refractivity contribution in [2.45, 2.75) is 51.9 Å². The highest BCUT2D eigenvalue weighted by molar-refractivity contribution is 7.14. The van der Waals surface area contributed by atoms with Crippen LogP contribution in [0.15, 0.2) is 53.9 Å². The molecule has 1 amide bonds. The Bertz CT molecular complexity index is 957. The van der Waals surface area contributed by atoms with Gasteiger partial charge in [0.2, 0.25) is 5.91 Å². The number of rotatable bonds is 11. The van der Waals surface area contributed by atoms with Crippen molar-refractivity contribution in [3.8, 4) is 11.3 Å². The fourth-order valence-corrected chi connectivity index (χ4v) is 3.92. The summed E-state index contributed by atoms with van der Waals surface area (Å²) in [5.41, 5.74) is 2.85. The monoisotopic (exact) mass is 425 g/mol. The maximum absolute atomic E-state index is 13.8. The molecule has 2 N–H and O–H groups in total. The fourth-order valence-electron chi connectivity index (χ4n) is 3.19. The number of carbonyl (C=O) groups excluding carboxylic acids is 1. The summed E-state index contributed by atoms with van der Waals surface area (Å²) in [6, 6.07) is 14.2. The highest BCUT2D eigenvalue weighted by Crippen LogP contribution is 2.29. The van der Waals surface area contributed by atoms with Crippen LogP contribution in [0.3, 0.4) is 0 Å². The molecule has 0 aliphatic rings. The zero-order valence-corrected chi connectivity index (χ0v) is 18.1. The largest absolute Gasteiger partial charge is 0.329 e. The molecule has 158 valence electrons. The van der Waals surface area contributed by atoms with E-state index in [1.807, 2.05) is 29.6 Å². The lowest BCUT2D eigenvalue weighted by atomic mass is 10.1. The highest BCUT2D eigenvalue weighted by Gasteiger charge is 2.09. The quantitative estimate of drug-likeness (QED) is 0.315. The van der Waals surface area contributed by atoms with E-state index in [1.165, 1.54) is 43.1 Å². The zero-order chi connectivity index (χ0) is 21.2. The number of unbranched alkanes of at least 4 members (excludes halogenated alkanes) is 5. The SMILES string of the molecule is CCCCCCCCC(=O)Nc1cccc(-c2csc(Nc3ccccc3F)n2)c1. The van der Waals surface area contributed by atoms with Gasteiger partial charge in [0.25, 0.3) is 0 Å². The Morgan fingerprint density at radius 3 is 2.67 bits per heavy atom. The Balaban J connectivity index is 1.54. The summed E-state index contributed by atoms with van der Waals surface area (Å²) >= 11 is 1.41. The van der Waals surface area contributed by atoms with Crippen molar-refractivity contribution in [1.29, 1.82) is 0 Å². The van der Waals surface area contributed by atoms with Crippen molar-refractivity contribution in [3.05, 3.63) is 59.7 Å². The molecule has 0 unspecified atom stereocenters. The Hall–Kier alpha value is -2.73. The fraction of sp³-hybridized carbons (Fsp3) is 0.333. The third kappa shape index (κ3) is 6.66. The molecule has 0 saturated heterocycles. The molecule has 3 rings (SSSR count). The van der Waals surface area contributed by atoms with Crippen molar-refractivity contribution in [2.24, 2.45) is 0 Å². The minimum Gasteiger partial charge on any atom is -0.329 e. The summed E-state index contributed by atoms with van der Waals surface area (Å²) in [4.78, 5) is 16.8. The third-order valence-electron chi connectivity index (χ3n) is 4.82. The van der Waals surface area contributed by atoms with Crippen LogP contribution in [0.4, 0.5) is 20.9 Å². The molecule has 4 nitrogen and oxygen atoms in total. The molecule has 6 heteroatoms. The van der Waals surface area contributed by atoms with Gasteiger partial charge >= 0.3 is 0 Å². The maximum atomic E-state index is 13.8. The van der Waals surface area contributed by atoms with E-state index >= 15 is 0 Å². The summed E-state index contributed by atoms with van der Waals surface area (Å²) in [7, 11) is 0. The number of anilines is 3. The van der Waals surface area contributed by atoms with Crippen LogP contribution in [0.25, 0.3) is 11.3 Å². The first kappa shape index (κ1) is 22.0. The van der Waals surface area contributed by atoms with Crippen molar-refractivity contribution in [3.63, 3.8) is 0 Å². The molecule has 2 aromatic carbocycles. The number of aromatic nitrogens is 1. The van der Waals surface area contributed by atoms with E-state index in [2.05, 4.69) is 22.5 Å². The topological polar surface area (TPSA) is 54.0 Å². The molecule has 0 aliphatic heterocycles. The van der Waals surface area contributed by atoms with Crippen LogP contribution in [0, 0.1) is 5.82 Å². The second-order valence-corrected chi connectivity index (χ2v) is 8.15. The second-order valence-electron chi connectivity index (χ2n) is 7.29. The Kier molecular flexibility index (Phi) is 8.39. The molecule has 0 fully saturated rings. The summed E-state index contributed by atoms with van der Waals surface area (Å²) in [6.45, 7) is 2.20. The molecule has 1 aromatic heterocycles. The van der Waals surface area contributed by atoms with Gasteiger partial charge in [0.1, 0.15) is 5.82 Å². The molecular formula is C24H28FN3OS. The van der Waals surface area contributed by atoms with Gasteiger partial charge in [0.05, 0.1) is 11.4 Å². The second kappa shape index (κ2) is 11.5. The first-order chi connectivity index (χ1) is 14.7. The zero-order valence-electron chi connectivity index (χ0n) is 17.3. The van der Waals surface area contributed by atoms with Crippen molar-refractivity contribution >= 4 is 33.8 Å². The third-order valence-corrected chi connectivity index (χ3v) is 5.58. The van der Waals surface area contributed by atoms with E-state index in [0.717, 1.165) is 29.8 Å². The van der Waals surface area contributed by atoms with E-state index in [0.29, 0.717) is 17.2 Å². The van der Waals surface area contributed by atoms with Gasteiger partial charge in [-0.3, -0.25) is 4.79 Å². The van der Waals surface area contributed by atoms with Crippen LogP contribution in [0.5, 0.6) is 0 Å². The Labute approximate surface area is 181 Å². The van der Waals surface area contributed by atoms with Crippen LogP contribution in [-0.4, -0.2) is 10.9 Å². The van der Waals surface area contributed by atoms with Gasteiger partial charge in [-0.1, -0.05) is 63.3 Å². The van der Waals surface area contributed by atoms with Crippen molar-refractivity contribution in [2.75, 3.05) is 10.6 Å². The first-order valence-corrected chi connectivity index (χ1v) is 11.4. The number of benzene rings is 2. The van der Waals surface area contributed by atoms with Gasteiger partial charge in [-0.2, -0.15) is 0 Å². The smallest absolute Gasteiger partial charge is 0.224 e. The Morgan fingerprint density at radius 2 is 1.83 bits per heavy atom. The van der Waals surface area contributed by atoms with Gasteiger partial charge in [-0.15, -0.1) is 11.3 Å². The van der Waals surface area contributed by atoms with Gasteiger partial charge in [-0.25, -0.2) is 9.37 Å². The van der Waals surface area contributed by atoms with E-state index in [9.17, 15) is 9.18 Å². The van der Waals surface area contributed by atoms with E-state index in [4.69, 9.17) is 0 Å². The summed E-state index contributed by atoms with van der Waals surface area (Å²) in [5.74, 6) is -0.271. The average molecular weight is 426 g/mol. The number of nitrogens with one attached hydrogen (secondary N) is 2. The van der Waals surface area contributed by atoms with Crippen LogP contribution < -0.4 is 10.6 Å². The normalized spacial score (nSPS) is 10.7. The molecule has 30 heavy (non-hydrogen) atoms. The number of nitrogens with zero attached hydrogens (tertiary/aromatic N) is 1. The lowest BCUT2D eigenvalue weighted by Crippen LogP contribution is -2.11. The highest BCUT2D eigenvalue weighted by atomic mass is 32.1. The number of thiazole rings is 1. The average Bonchev–Trinajstić information content (AvgIpc) is 3.21. The van der Waals surface area contributed by atoms with Gasteiger partial charge in [0, 0.05) is 23.1 Å². The number of para-hydroxylation sites is 1. The Morgan fingerprint density at radius 1 is 1.03 bits per heavy atom. The minimum atomic E-state index is -0.315. The van der Waals surface area contributed by atoms with Crippen LogP contribution in [-0.2, 0) is 4.79 Å². The molecule has 1 heterocycles.